The Hall–Kier alpha value is -2.08. The molecule has 0 aliphatic heterocycles. The predicted octanol–water partition coefficient (Wildman–Crippen LogP) is 2.63. The van der Waals surface area contributed by atoms with Crippen LogP contribution in [0.5, 0.6) is 0 Å². The maximum atomic E-state index is 11.1. The highest BCUT2D eigenvalue weighted by Gasteiger charge is 2.06. The molecule has 0 amide bonds. The molecular formula is C14H17N3O2S. The van der Waals surface area contributed by atoms with Gasteiger partial charge in [-0.2, -0.15) is 0 Å². The van der Waals surface area contributed by atoms with Gasteiger partial charge < -0.3 is 5.32 Å². The van der Waals surface area contributed by atoms with Gasteiger partial charge in [-0.25, -0.2) is 13.4 Å². The summed E-state index contributed by atoms with van der Waals surface area (Å²) in [6.07, 6.45) is 2.70. The molecule has 1 aromatic heterocycles. The predicted molar refractivity (Wildman–Crippen MR) is 81.2 cm³/mol. The van der Waals surface area contributed by atoms with Crippen molar-refractivity contribution in [3.05, 3.63) is 54.2 Å². The van der Waals surface area contributed by atoms with Crippen LogP contribution in [0.3, 0.4) is 0 Å². The smallest absolute Gasteiger partial charge is 0.230 e. The summed E-state index contributed by atoms with van der Waals surface area (Å²) in [5, 5.41) is 3.31. The highest BCUT2D eigenvalue weighted by Crippen LogP contribution is 2.19. The SMILES string of the molecule is CC(Nc1ccc(NS(C)(=O)=O)nc1)c1ccccc1. The average Bonchev–Trinajstić information content (AvgIpc) is 2.40. The van der Waals surface area contributed by atoms with Crippen LogP contribution in [0.25, 0.3) is 0 Å². The van der Waals surface area contributed by atoms with E-state index in [4.69, 9.17) is 0 Å². The van der Waals surface area contributed by atoms with Crippen molar-refractivity contribution in [2.45, 2.75) is 13.0 Å². The fourth-order valence-electron chi connectivity index (χ4n) is 1.80. The van der Waals surface area contributed by atoms with E-state index in [0.29, 0.717) is 5.82 Å². The van der Waals surface area contributed by atoms with Crippen LogP contribution in [0.15, 0.2) is 48.7 Å². The lowest BCUT2D eigenvalue weighted by Gasteiger charge is -2.15. The molecule has 106 valence electrons. The number of pyridine rings is 1. The first-order chi connectivity index (χ1) is 9.44. The Balaban J connectivity index is 2.04. The number of anilines is 2. The van der Waals surface area contributed by atoms with E-state index >= 15 is 0 Å². The lowest BCUT2D eigenvalue weighted by molar-refractivity contribution is 0.606. The fraction of sp³-hybridized carbons (Fsp3) is 0.214. The van der Waals surface area contributed by atoms with Gasteiger partial charge in [-0.15, -0.1) is 0 Å². The lowest BCUT2D eigenvalue weighted by atomic mass is 10.1. The lowest BCUT2D eigenvalue weighted by Crippen LogP contribution is -2.11. The van der Waals surface area contributed by atoms with Gasteiger partial charge in [-0.3, -0.25) is 4.72 Å². The van der Waals surface area contributed by atoms with Crippen molar-refractivity contribution in [2.75, 3.05) is 16.3 Å². The quantitative estimate of drug-likeness (QED) is 0.888. The van der Waals surface area contributed by atoms with Crippen molar-refractivity contribution in [1.29, 1.82) is 0 Å². The minimum absolute atomic E-state index is 0.145. The Morgan fingerprint density at radius 1 is 1.10 bits per heavy atom. The van der Waals surface area contributed by atoms with E-state index in [1.165, 1.54) is 5.56 Å². The van der Waals surface area contributed by atoms with Gasteiger partial charge in [0.15, 0.2) is 0 Å². The Morgan fingerprint density at radius 2 is 1.80 bits per heavy atom. The minimum atomic E-state index is -3.29. The second kappa shape index (κ2) is 5.92. The first-order valence-electron chi connectivity index (χ1n) is 6.19. The summed E-state index contributed by atoms with van der Waals surface area (Å²) in [5.41, 5.74) is 2.01. The summed E-state index contributed by atoms with van der Waals surface area (Å²) in [5.74, 6) is 0.311. The topological polar surface area (TPSA) is 71.1 Å². The Labute approximate surface area is 119 Å². The number of nitrogens with one attached hydrogen (secondary N) is 2. The molecule has 1 heterocycles. The molecule has 2 N–H and O–H groups in total. The number of hydrogen-bond acceptors (Lipinski definition) is 4. The third-order valence-electron chi connectivity index (χ3n) is 2.74. The van der Waals surface area contributed by atoms with Crippen molar-refractivity contribution >= 4 is 21.5 Å². The van der Waals surface area contributed by atoms with E-state index in [9.17, 15) is 8.42 Å². The van der Waals surface area contributed by atoms with Crippen LogP contribution in [-0.4, -0.2) is 19.7 Å². The summed E-state index contributed by atoms with van der Waals surface area (Å²) in [6.45, 7) is 2.05. The van der Waals surface area contributed by atoms with Crippen LogP contribution in [0.1, 0.15) is 18.5 Å². The van der Waals surface area contributed by atoms with E-state index in [1.807, 2.05) is 30.3 Å². The molecule has 1 atom stereocenters. The molecule has 0 aliphatic rings. The minimum Gasteiger partial charge on any atom is -0.377 e. The molecule has 5 nitrogen and oxygen atoms in total. The van der Waals surface area contributed by atoms with Gasteiger partial charge in [0, 0.05) is 6.04 Å². The zero-order valence-corrected chi connectivity index (χ0v) is 12.2. The summed E-state index contributed by atoms with van der Waals surface area (Å²) < 4.78 is 24.5. The first kappa shape index (κ1) is 14.3. The van der Waals surface area contributed by atoms with Crippen molar-refractivity contribution < 1.29 is 8.42 Å². The van der Waals surface area contributed by atoms with Gasteiger partial charge in [0.1, 0.15) is 5.82 Å². The van der Waals surface area contributed by atoms with E-state index in [0.717, 1.165) is 11.9 Å². The molecule has 1 unspecified atom stereocenters. The third-order valence-corrected chi connectivity index (χ3v) is 3.32. The van der Waals surface area contributed by atoms with Crippen molar-refractivity contribution in [3.8, 4) is 0 Å². The molecule has 0 bridgehead atoms. The summed E-state index contributed by atoms with van der Waals surface area (Å²) >= 11 is 0. The molecule has 2 rings (SSSR count). The second-order valence-electron chi connectivity index (χ2n) is 4.58. The number of nitrogens with zero attached hydrogens (tertiary/aromatic N) is 1. The van der Waals surface area contributed by atoms with Gasteiger partial charge >= 0.3 is 0 Å². The Bertz CT molecular complexity index is 655. The zero-order valence-electron chi connectivity index (χ0n) is 11.4. The maximum Gasteiger partial charge on any atom is 0.230 e. The fourth-order valence-corrected chi connectivity index (χ4v) is 2.31. The highest BCUT2D eigenvalue weighted by atomic mass is 32.2. The maximum absolute atomic E-state index is 11.1. The van der Waals surface area contributed by atoms with Crippen molar-refractivity contribution in [2.24, 2.45) is 0 Å². The zero-order chi connectivity index (χ0) is 14.6. The molecule has 0 radical (unpaired) electrons. The van der Waals surface area contributed by atoms with Crippen molar-refractivity contribution in [1.82, 2.24) is 4.98 Å². The van der Waals surface area contributed by atoms with Gasteiger partial charge in [0.2, 0.25) is 10.0 Å². The molecular weight excluding hydrogens is 274 g/mol. The first-order valence-corrected chi connectivity index (χ1v) is 8.08. The van der Waals surface area contributed by atoms with Crippen LogP contribution in [0, 0.1) is 0 Å². The van der Waals surface area contributed by atoms with Crippen LogP contribution >= 0.6 is 0 Å². The number of rotatable bonds is 5. The highest BCUT2D eigenvalue weighted by molar-refractivity contribution is 7.92. The molecule has 1 aromatic carbocycles. The standard InChI is InChI=1S/C14H17N3O2S/c1-11(12-6-4-3-5-7-12)16-13-8-9-14(15-10-13)17-20(2,18)19/h3-11,16H,1-2H3,(H,15,17). The monoisotopic (exact) mass is 291 g/mol. The molecule has 2 aromatic rings. The summed E-state index contributed by atoms with van der Waals surface area (Å²) in [6, 6.07) is 13.6. The average molecular weight is 291 g/mol. The summed E-state index contributed by atoms with van der Waals surface area (Å²) in [4.78, 5) is 4.06. The van der Waals surface area contributed by atoms with E-state index < -0.39 is 10.0 Å². The van der Waals surface area contributed by atoms with E-state index in [1.54, 1.807) is 18.3 Å². The van der Waals surface area contributed by atoms with Gasteiger partial charge in [-0.05, 0) is 24.6 Å². The largest absolute Gasteiger partial charge is 0.377 e. The van der Waals surface area contributed by atoms with Crippen molar-refractivity contribution in [3.63, 3.8) is 0 Å². The molecule has 0 spiro atoms. The van der Waals surface area contributed by atoms with Crippen LogP contribution < -0.4 is 10.0 Å². The van der Waals surface area contributed by atoms with E-state index in [-0.39, 0.29) is 6.04 Å². The van der Waals surface area contributed by atoms with Crippen LogP contribution in [-0.2, 0) is 10.0 Å². The van der Waals surface area contributed by atoms with E-state index in [2.05, 4.69) is 21.9 Å². The Kier molecular flexibility index (Phi) is 4.24. The number of sulfonamides is 1. The number of hydrogen-bond donors (Lipinski definition) is 2. The number of aromatic nitrogens is 1. The summed E-state index contributed by atoms with van der Waals surface area (Å²) in [7, 11) is -3.29. The molecule has 0 fully saturated rings. The number of benzene rings is 1. The Morgan fingerprint density at radius 3 is 2.35 bits per heavy atom. The third kappa shape index (κ3) is 4.24. The van der Waals surface area contributed by atoms with Crippen LogP contribution in [0.4, 0.5) is 11.5 Å². The van der Waals surface area contributed by atoms with Gasteiger partial charge in [0.25, 0.3) is 0 Å². The molecule has 0 saturated carbocycles. The van der Waals surface area contributed by atoms with Gasteiger partial charge in [0.05, 0.1) is 18.1 Å². The van der Waals surface area contributed by atoms with Crippen LogP contribution in [0.2, 0.25) is 0 Å². The normalized spacial score (nSPS) is 12.7. The molecule has 6 heteroatoms. The molecule has 0 saturated heterocycles. The second-order valence-corrected chi connectivity index (χ2v) is 6.33. The van der Waals surface area contributed by atoms with Gasteiger partial charge in [-0.1, -0.05) is 30.3 Å². The molecule has 0 aliphatic carbocycles. The molecule has 20 heavy (non-hydrogen) atoms.